The van der Waals surface area contributed by atoms with Crippen LogP contribution in [-0.2, 0) is 9.84 Å². The zero-order chi connectivity index (χ0) is 17.9. The first-order chi connectivity index (χ1) is 11.2. The molecule has 0 aliphatic carbocycles. The molecule has 126 valence electrons. The maximum absolute atomic E-state index is 12.1. The Hall–Kier alpha value is -2.39. The van der Waals surface area contributed by atoms with Gasteiger partial charge in [-0.25, -0.2) is 8.42 Å². The van der Waals surface area contributed by atoms with E-state index in [-0.39, 0.29) is 16.4 Å². The number of carbonyl (C=O) groups excluding carboxylic acids is 1. The standard InChI is InChI=1S/C15H16N4O3S2/c1-9-6-12(23-10-4-3-5-18-8-10)13(24(2,21)22)7-11(9)14(20)19-15(16)17/h3-8H,1-2H3,(H4,16,17,19,20). The van der Waals surface area contributed by atoms with Crippen molar-refractivity contribution in [1.29, 1.82) is 0 Å². The zero-order valence-corrected chi connectivity index (χ0v) is 14.7. The molecule has 0 unspecified atom stereocenters. The molecule has 1 aromatic heterocycles. The largest absolute Gasteiger partial charge is 0.370 e. The number of benzene rings is 1. The maximum atomic E-state index is 12.1. The van der Waals surface area contributed by atoms with Gasteiger partial charge in [-0.15, -0.1) is 0 Å². The molecule has 0 radical (unpaired) electrons. The minimum Gasteiger partial charge on any atom is -0.370 e. The Labute approximate surface area is 144 Å². The lowest BCUT2D eigenvalue weighted by Gasteiger charge is -2.11. The summed E-state index contributed by atoms with van der Waals surface area (Å²) in [5.41, 5.74) is 11.1. The fourth-order valence-electron chi connectivity index (χ4n) is 1.97. The van der Waals surface area contributed by atoms with E-state index in [2.05, 4.69) is 9.98 Å². The lowest BCUT2D eigenvalue weighted by atomic mass is 10.1. The molecule has 9 heteroatoms. The number of carbonyl (C=O) groups is 1. The van der Waals surface area contributed by atoms with Gasteiger partial charge in [0, 0.05) is 34.0 Å². The number of sulfone groups is 1. The fourth-order valence-corrected chi connectivity index (χ4v) is 4.22. The van der Waals surface area contributed by atoms with Crippen LogP contribution in [-0.4, -0.2) is 31.5 Å². The Kier molecular flexibility index (Phi) is 5.25. The number of hydrogen-bond donors (Lipinski definition) is 2. The van der Waals surface area contributed by atoms with Crippen molar-refractivity contribution in [2.24, 2.45) is 16.5 Å². The van der Waals surface area contributed by atoms with Gasteiger partial charge < -0.3 is 11.5 Å². The zero-order valence-electron chi connectivity index (χ0n) is 13.1. The molecule has 1 heterocycles. The summed E-state index contributed by atoms with van der Waals surface area (Å²) in [7, 11) is -3.56. The molecular weight excluding hydrogens is 348 g/mol. The lowest BCUT2D eigenvalue weighted by molar-refractivity contribution is 0.100. The average Bonchev–Trinajstić information content (AvgIpc) is 2.46. The van der Waals surface area contributed by atoms with Crippen molar-refractivity contribution >= 4 is 33.5 Å². The third-order valence-electron chi connectivity index (χ3n) is 3.01. The second-order valence-corrected chi connectivity index (χ2v) is 8.12. The first-order valence-corrected chi connectivity index (χ1v) is 9.46. The van der Waals surface area contributed by atoms with Crippen molar-refractivity contribution in [3.63, 3.8) is 0 Å². The van der Waals surface area contributed by atoms with Crippen LogP contribution in [0.1, 0.15) is 15.9 Å². The summed E-state index contributed by atoms with van der Waals surface area (Å²) in [6.45, 7) is 1.69. The number of nitrogens with two attached hydrogens (primary N) is 2. The van der Waals surface area contributed by atoms with Crippen molar-refractivity contribution in [2.45, 2.75) is 21.6 Å². The molecule has 7 nitrogen and oxygen atoms in total. The van der Waals surface area contributed by atoms with Gasteiger partial charge in [0.25, 0.3) is 5.91 Å². The Bertz CT molecular complexity index is 906. The van der Waals surface area contributed by atoms with E-state index < -0.39 is 15.7 Å². The van der Waals surface area contributed by atoms with Crippen LogP contribution in [0.15, 0.2) is 56.3 Å². The number of hydrogen-bond acceptors (Lipinski definition) is 5. The fraction of sp³-hybridized carbons (Fsp3) is 0.133. The number of aromatic nitrogens is 1. The van der Waals surface area contributed by atoms with Crippen molar-refractivity contribution in [3.05, 3.63) is 47.8 Å². The minimum atomic E-state index is -3.56. The van der Waals surface area contributed by atoms with Crippen molar-refractivity contribution in [3.8, 4) is 0 Å². The monoisotopic (exact) mass is 364 g/mol. The SMILES string of the molecule is Cc1cc(Sc2cccnc2)c(S(C)(=O)=O)cc1C(=O)N=C(N)N. The van der Waals surface area contributed by atoms with Crippen LogP contribution in [0.3, 0.4) is 0 Å². The molecule has 1 aromatic carbocycles. The topological polar surface area (TPSA) is 128 Å². The highest BCUT2D eigenvalue weighted by atomic mass is 32.2. The predicted molar refractivity (Wildman–Crippen MR) is 92.8 cm³/mol. The van der Waals surface area contributed by atoms with Crippen LogP contribution < -0.4 is 11.5 Å². The number of pyridine rings is 1. The molecule has 0 aliphatic rings. The first-order valence-electron chi connectivity index (χ1n) is 6.75. The summed E-state index contributed by atoms with van der Waals surface area (Å²) in [4.78, 5) is 20.9. The highest BCUT2D eigenvalue weighted by molar-refractivity contribution is 8.00. The van der Waals surface area contributed by atoms with Gasteiger partial charge >= 0.3 is 0 Å². The molecule has 0 aliphatic heterocycles. The maximum Gasteiger partial charge on any atom is 0.280 e. The molecule has 0 fully saturated rings. The van der Waals surface area contributed by atoms with E-state index in [1.807, 2.05) is 6.07 Å². The van der Waals surface area contributed by atoms with Gasteiger partial charge in [0.1, 0.15) is 0 Å². The second-order valence-electron chi connectivity index (χ2n) is 5.02. The van der Waals surface area contributed by atoms with Crippen LogP contribution in [0.2, 0.25) is 0 Å². The Balaban J connectivity index is 2.58. The molecule has 0 bridgehead atoms. The molecule has 0 atom stereocenters. The summed E-state index contributed by atoms with van der Waals surface area (Å²) in [6, 6.07) is 6.51. The third-order valence-corrected chi connectivity index (χ3v) is 5.31. The first kappa shape index (κ1) is 18.0. The average molecular weight is 364 g/mol. The predicted octanol–water partition coefficient (Wildman–Crippen LogP) is 1.36. The van der Waals surface area contributed by atoms with Crippen molar-refractivity contribution in [1.82, 2.24) is 4.98 Å². The van der Waals surface area contributed by atoms with Crippen LogP contribution in [0.5, 0.6) is 0 Å². The van der Waals surface area contributed by atoms with Crippen LogP contribution in [0, 0.1) is 6.92 Å². The summed E-state index contributed by atoms with van der Waals surface area (Å²) in [5.74, 6) is -1.07. The van der Waals surface area contributed by atoms with E-state index in [0.29, 0.717) is 10.5 Å². The van der Waals surface area contributed by atoms with E-state index >= 15 is 0 Å². The van der Waals surface area contributed by atoms with Crippen LogP contribution in [0.4, 0.5) is 0 Å². The van der Waals surface area contributed by atoms with Gasteiger partial charge in [0.15, 0.2) is 15.8 Å². The van der Waals surface area contributed by atoms with Gasteiger partial charge in [-0.05, 0) is 36.8 Å². The van der Waals surface area contributed by atoms with Gasteiger partial charge in [-0.3, -0.25) is 9.78 Å². The Morgan fingerprint density at radius 2 is 2.00 bits per heavy atom. The molecule has 0 spiro atoms. The van der Waals surface area contributed by atoms with Gasteiger partial charge in [-0.1, -0.05) is 11.8 Å². The van der Waals surface area contributed by atoms with E-state index in [9.17, 15) is 13.2 Å². The number of rotatable bonds is 4. The normalized spacial score (nSPS) is 11.1. The van der Waals surface area contributed by atoms with Crippen molar-refractivity contribution < 1.29 is 13.2 Å². The highest BCUT2D eigenvalue weighted by Gasteiger charge is 2.20. The van der Waals surface area contributed by atoms with Gasteiger partial charge in [0.05, 0.1) is 4.90 Å². The third kappa shape index (κ3) is 4.33. The van der Waals surface area contributed by atoms with Crippen molar-refractivity contribution in [2.75, 3.05) is 6.26 Å². The summed E-state index contributed by atoms with van der Waals surface area (Å²) < 4.78 is 24.3. The highest BCUT2D eigenvalue weighted by Crippen LogP contribution is 2.34. The molecule has 24 heavy (non-hydrogen) atoms. The minimum absolute atomic E-state index is 0.0381. The smallest absolute Gasteiger partial charge is 0.280 e. The Morgan fingerprint density at radius 1 is 1.29 bits per heavy atom. The number of aryl methyl sites for hydroxylation is 1. The van der Waals surface area contributed by atoms with E-state index in [0.717, 1.165) is 11.2 Å². The quantitative estimate of drug-likeness (QED) is 0.619. The summed E-state index contributed by atoms with van der Waals surface area (Å²) in [5, 5.41) is 0. The lowest BCUT2D eigenvalue weighted by Crippen LogP contribution is -2.24. The molecule has 0 saturated carbocycles. The molecule has 2 rings (SSSR count). The summed E-state index contributed by atoms with van der Waals surface area (Å²) >= 11 is 1.25. The molecule has 4 N–H and O–H groups in total. The summed E-state index contributed by atoms with van der Waals surface area (Å²) in [6.07, 6.45) is 4.34. The second kappa shape index (κ2) is 7.02. The van der Waals surface area contributed by atoms with E-state index in [1.165, 1.54) is 17.8 Å². The molecule has 1 amide bonds. The van der Waals surface area contributed by atoms with E-state index in [4.69, 9.17) is 11.5 Å². The van der Waals surface area contributed by atoms with Gasteiger partial charge in [-0.2, -0.15) is 4.99 Å². The van der Waals surface area contributed by atoms with E-state index in [1.54, 1.807) is 31.5 Å². The molecule has 0 saturated heterocycles. The molecular formula is C15H16N4O3S2. The number of amides is 1. The Morgan fingerprint density at radius 3 is 2.54 bits per heavy atom. The number of nitrogens with zero attached hydrogens (tertiary/aromatic N) is 2. The van der Waals surface area contributed by atoms with Crippen LogP contribution >= 0.6 is 11.8 Å². The van der Waals surface area contributed by atoms with Crippen LogP contribution in [0.25, 0.3) is 0 Å². The number of guanidine groups is 1. The molecule has 2 aromatic rings. The van der Waals surface area contributed by atoms with Gasteiger partial charge in [0.2, 0.25) is 0 Å². The number of aliphatic imine (C=N–C) groups is 1.